The van der Waals surface area contributed by atoms with Crippen molar-refractivity contribution >= 4 is 6.09 Å². The highest BCUT2D eigenvalue weighted by Gasteiger charge is 2.40. The largest absolute Gasteiger partial charge is 0.492 e. The van der Waals surface area contributed by atoms with Crippen LogP contribution in [0.1, 0.15) is 25.5 Å². The summed E-state index contributed by atoms with van der Waals surface area (Å²) >= 11 is 0. The van der Waals surface area contributed by atoms with Gasteiger partial charge in [-0.15, -0.1) is 0 Å². The Bertz CT molecular complexity index is 801. The number of ether oxygens (including phenoxy) is 4. The molecule has 0 aromatic heterocycles. The zero-order valence-corrected chi connectivity index (χ0v) is 15.9. The normalized spacial score (nSPS) is 17.5. The van der Waals surface area contributed by atoms with Crippen molar-refractivity contribution in [3.8, 4) is 22.6 Å². The lowest BCUT2D eigenvalue weighted by Crippen LogP contribution is -2.37. The van der Waals surface area contributed by atoms with Gasteiger partial charge < -0.3 is 24.7 Å². The molecule has 144 valence electrons. The SMILES string of the molecule is COCCOc1ccc(-c2ccc3c(c2)OCC(C)(C)C3OC(N)=O)cc1. The highest BCUT2D eigenvalue weighted by atomic mass is 16.6. The first kappa shape index (κ1) is 19.0. The van der Waals surface area contributed by atoms with Crippen LogP contribution >= 0.6 is 0 Å². The van der Waals surface area contributed by atoms with Crippen LogP contribution in [0.3, 0.4) is 0 Å². The third-order valence-corrected chi connectivity index (χ3v) is 4.58. The standard InChI is InChI=1S/C21H25NO5/c1-21(2)13-26-18-12-15(6-9-17(18)19(21)27-20(22)23)14-4-7-16(8-5-14)25-11-10-24-3/h4-9,12,19H,10-11,13H2,1-3H3,(H2,22,23). The fraction of sp³-hybridized carbons (Fsp3) is 0.381. The fourth-order valence-electron chi connectivity index (χ4n) is 3.14. The van der Waals surface area contributed by atoms with Gasteiger partial charge in [0.1, 0.15) is 24.2 Å². The van der Waals surface area contributed by atoms with Gasteiger partial charge in [-0.05, 0) is 29.3 Å². The van der Waals surface area contributed by atoms with Crippen LogP contribution < -0.4 is 15.2 Å². The second-order valence-electron chi connectivity index (χ2n) is 7.21. The number of rotatable bonds is 6. The van der Waals surface area contributed by atoms with Crippen molar-refractivity contribution in [3.63, 3.8) is 0 Å². The molecule has 6 nitrogen and oxygen atoms in total. The van der Waals surface area contributed by atoms with E-state index in [0.29, 0.717) is 25.6 Å². The molecule has 6 heteroatoms. The smallest absolute Gasteiger partial charge is 0.405 e. The first-order valence-corrected chi connectivity index (χ1v) is 8.86. The van der Waals surface area contributed by atoms with Crippen LogP contribution in [0.2, 0.25) is 0 Å². The average Bonchev–Trinajstić information content (AvgIpc) is 2.64. The maximum atomic E-state index is 11.3. The highest BCUT2D eigenvalue weighted by molar-refractivity contribution is 5.68. The number of primary amides is 1. The summed E-state index contributed by atoms with van der Waals surface area (Å²) in [5.41, 5.74) is 7.78. The number of methoxy groups -OCH3 is 1. The highest BCUT2D eigenvalue weighted by Crippen LogP contribution is 2.46. The van der Waals surface area contributed by atoms with Gasteiger partial charge in [-0.1, -0.05) is 38.1 Å². The van der Waals surface area contributed by atoms with E-state index in [1.165, 1.54) is 0 Å². The molecule has 2 N–H and O–H groups in total. The molecule has 1 unspecified atom stereocenters. The van der Waals surface area contributed by atoms with Crippen LogP contribution in [-0.2, 0) is 9.47 Å². The number of amides is 1. The third kappa shape index (κ3) is 4.34. The molecule has 0 aliphatic carbocycles. The van der Waals surface area contributed by atoms with Crippen LogP contribution in [0.25, 0.3) is 11.1 Å². The molecule has 0 spiro atoms. The Morgan fingerprint density at radius 1 is 1.15 bits per heavy atom. The second-order valence-corrected chi connectivity index (χ2v) is 7.21. The average molecular weight is 371 g/mol. The van der Waals surface area contributed by atoms with Crippen molar-refractivity contribution in [2.24, 2.45) is 11.1 Å². The van der Waals surface area contributed by atoms with Crippen LogP contribution in [-0.4, -0.2) is 33.0 Å². The summed E-state index contributed by atoms with van der Waals surface area (Å²) in [5, 5.41) is 0. The van der Waals surface area contributed by atoms with E-state index in [1.807, 2.05) is 56.3 Å². The van der Waals surface area contributed by atoms with Gasteiger partial charge in [-0.25, -0.2) is 4.79 Å². The van der Waals surface area contributed by atoms with Crippen molar-refractivity contribution in [1.82, 2.24) is 0 Å². The van der Waals surface area contributed by atoms with Crippen molar-refractivity contribution in [3.05, 3.63) is 48.0 Å². The molecular formula is C21H25NO5. The van der Waals surface area contributed by atoms with Gasteiger partial charge in [0.2, 0.25) is 0 Å². The van der Waals surface area contributed by atoms with Crippen LogP contribution in [0.4, 0.5) is 4.79 Å². The van der Waals surface area contributed by atoms with Crippen molar-refractivity contribution in [2.45, 2.75) is 20.0 Å². The van der Waals surface area contributed by atoms with Crippen molar-refractivity contribution in [2.75, 3.05) is 26.9 Å². The summed E-state index contributed by atoms with van der Waals surface area (Å²) in [5.74, 6) is 1.50. The maximum Gasteiger partial charge on any atom is 0.405 e. The minimum Gasteiger partial charge on any atom is -0.492 e. The molecular weight excluding hydrogens is 346 g/mol. The van der Waals surface area contributed by atoms with Gasteiger partial charge in [-0.3, -0.25) is 0 Å². The lowest BCUT2D eigenvalue weighted by molar-refractivity contribution is -0.0176. The number of hydrogen-bond acceptors (Lipinski definition) is 5. The molecule has 1 aliphatic heterocycles. The molecule has 27 heavy (non-hydrogen) atoms. The van der Waals surface area contributed by atoms with Gasteiger partial charge in [0.15, 0.2) is 0 Å². The third-order valence-electron chi connectivity index (χ3n) is 4.58. The summed E-state index contributed by atoms with van der Waals surface area (Å²) in [6.45, 7) is 5.47. The lowest BCUT2D eigenvalue weighted by atomic mass is 9.80. The second kappa shape index (κ2) is 7.88. The Morgan fingerprint density at radius 2 is 1.85 bits per heavy atom. The number of benzene rings is 2. The number of carbonyl (C=O) groups excluding carboxylic acids is 1. The summed E-state index contributed by atoms with van der Waals surface area (Å²) in [6, 6.07) is 13.7. The molecule has 1 aliphatic rings. The van der Waals surface area contributed by atoms with Gasteiger partial charge >= 0.3 is 6.09 Å². The van der Waals surface area contributed by atoms with E-state index in [-0.39, 0.29) is 5.41 Å². The predicted octanol–water partition coefficient (Wildman–Crippen LogP) is 3.93. The summed E-state index contributed by atoms with van der Waals surface area (Å²) in [4.78, 5) is 11.3. The molecule has 3 rings (SSSR count). The van der Waals surface area contributed by atoms with Crippen LogP contribution in [0.5, 0.6) is 11.5 Å². The maximum absolute atomic E-state index is 11.3. The molecule has 2 aromatic rings. The fourth-order valence-corrected chi connectivity index (χ4v) is 3.14. The topological polar surface area (TPSA) is 80.0 Å². The molecule has 0 saturated carbocycles. The zero-order valence-electron chi connectivity index (χ0n) is 15.9. The van der Waals surface area contributed by atoms with Gasteiger partial charge in [0.25, 0.3) is 0 Å². The van der Waals surface area contributed by atoms with Gasteiger partial charge in [-0.2, -0.15) is 0 Å². The molecule has 1 atom stereocenters. The van der Waals surface area contributed by atoms with Crippen molar-refractivity contribution in [1.29, 1.82) is 0 Å². The zero-order chi connectivity index (χ0) is 19.4. The lowest BCUT2D eigenvalue weighted by Gasteiger charge is -2.38. The summed E-state index contributed by atoms with van der Waals surface area (Å²) in [6.07, 6.45) is -1.22. The Labute approximate surface area is 159 Å². The van der Waals surface area contributed by atoms with Crippen LogP contribution in [0.15, 0.2) is 42.5 Å². The van der Waals surface area contributed by atoms with E-state index in [4.69, 9.17) is 24.7 Å². The van der Waals surface area contributed by atoms with E-state index in [0.717, 1.165) is 22.4 Å². The Hall–Kier alpha value is -2.73. The summed E-state index contributed by atoms with van der Waals surface area (Å²) < 4.78 is 21.9. The van der Waals surface area contributed by atoms with E-state index in [1.54, 1.807) is 7.11 Å². The minimum absolute atomic E-state index is 0.356. The predicted molar refractivity (Wildman–Crippen MR) is 102 cm³/mol. The Balaban J connectivity index is 1.82. The number of fused-ring (bicyclic) bond motifs is 1. The molecule has 0 radical (unpaired) electrons. The monoisotopic (exact) mass is 371 g/mol. The molecule has 0 saturated heterocycles. The van der Waals surface area contributed by atoms with E-state index >= 15 is 0 Å². The number of nitrogens with two attached hydrogens (primary N) is 1. The molecule has 0 fully saturated rings. The molecule has 1 heterocycles. The molecule has 2 aromatic carbocycles. The van der Waals surface area contributed by atoms with Crippen molar-refractivity contribution < 1.29 is 23.7 Å². The summed E-state index contributed by atoms with van der Waals surface area (Å²) in [7, 11) is 1.64. The Morgan fingerprint density at radius 3 is 2.52 bits per heavy atom. The first-order chi connectivity index (χ1) is 12.9. The van der Waals surface area contributed by atoms with E-state index < -0.39 is 12.2 Å². The van der Waals surface area contributed by atoms with E-state index in [2.05, 4.69) is 0 Å². The molecule has 0 bridgehead atoms. The number of hydrogen-bond donors (Lipinski definition) is 1. The van der Waals surface area contributed by atoms with Gasteiger partial charge in [0.05, 0.1) is 13.2 Å². The van der Waals surface area contributed by atoms with E-state index in [9.17, 15) is 4.79 Å². The first-order valence-electron chi connectivity index (χ1n) is 8.86. The van der Waals surface area contributed by atoms with Crippen LogP contribution in [0, 0.1) is 5.41 Å². The number of carbonyl (C=O) groups is 1. The van der Waals surface area contributed by atoms with Gasteiger partial charge in [0, 0.05) is 18.1 Å². The molecule has 1 amide bonds. The Kier molecular flexibility index (Phi) is 5.56. The minimum atomic E-state index is -0.783. The quantitative estimate of drug-likeness (QED) is 0.778.